The highest BCUT2D eigenvalue weighted by Crippen LogP contribution is 2.09. The van der Waals surface area contributed by atoms with E-state index >= 15 is 0 Å². The van der Waals surface area contributed by atoms with Crippen molar-refractivity contribution in [3.63, 3.8) is 0 Å². The predicted molar refractivity (Wildman–Crippen MR) is 54.5 cm³/mol. The monoisotopic (exact) mass is 201 g/mol. The highest BCUT2D eigenvalue weighted by Gasteiger charge is 2.14. The summed E-state index contributed by atoms with van der Waals surface area (Å²) in [7, 11) is 1.78. The Labute approximate surface area is 84.6 Å². The Kier molecular flexibility index (Phi) is 1.45. The van der Waals surface area contributed by atoms with Crippen LogP contribution in [-0.4, -0.2) is 14.5 Å². The summed E-state index contributed by atoms with van der Waals surface area (Å²) in [6.45, 7) is 0. The normalized spacial score (nSPS) is 11.3. The minimum Gasteiger partial charge on any atom is -0.244 e. The summed E-state index contributed by atoms with van der Waals surface area (Å²) in [5, 5.41) is 2.69. The van der Waals surface area contributed by atoms with Gasteiger partial charge in [-0.05, 0) is 12.1 Å². The molecule has 5 nitrogen and oxygen atoms in total. The van der Waals surface area contributed by atoms with Crippen LogP contribution < -0.4 is 10.4 Å². The second kappa shape index (κ2) is 2.66. The fourth-order valence-electron chi connectivity index (χ4n) is 1.77. The first kappa shape index (κ1) is 8.16. The Hall–Kier alpha value is -2.17. The van der Waals surface area contributed by atoms with Crippen LogP contribution >= 0.6 is 0 Å². The van der Waals surface area contributed by atoms with Crippen molar-refractivity contribution < 1.29 is 4.68 Å². The third kappa shape index (κ3) is 0.999. The molecule has 0 unspecified atom stereocenters. The molecule has 2 aromatic heterocycles. The summed E-state index contributed by atoms with van der Waals surface area (Å²) < 4.78 is 3.27. The summed E-state index contributed by atoms with van der Waals surface area (Å²) in [5.74, 6) is 0. The Bertz CT molecular complexity index is 710. The van der Waals surface area contributed by atoms with Crippen LogP contribution in [0, 0.1) is 0 Å². The zero-order chi connectivity index (χ0) is 10.4. The summed E-state index contributed by atoms with van der Waals surface area (Å²) >= 11 is 0. The topological polar surface area (TPSA) is 54.0 Å². The first-order valence-electron chi connectivity index (χ1n) is 4.62. The lowest BCUT2D eigenvalue weighted by Crippen LogP contribution is -2.32. The van der Waals surface area contributed by atoms with E-state index in [0.29, 0.717) is 0 Å². The first-order chi connectivity index (χ1) is 7.27. The van der Waals surface area contributed by atoms with Crippen LogP contribution in [0.4, 0.5) is 0 Å². The molecule has 2 heterocycles. The highest BCUT2D eigenvalue weighted by atomic mass is 16.1. The molecular weight excluding hydrogens is 192 g/mol. The van der Waals surface area contributed by atoms with Gasteiger partial charge >= 0.3 is 11.3 Å². The molecule has 74 valence electrons. The summed E-state index contributed by atoms with van der Waals surface area (Å²) in [6.07, 6.45) is 1.68. The van der Waals surface area contributed by atoms with Gasteiger partial charge in [0, 0.05) is 0 Å². The number of benzene rings is 1. The molecule has 0 aliphatic carbocycles. The number of aryl methyl sites for hydroxylation is 1. The van der Waals surface area contributed by atoms with Gasteiger partial charge in [0.25, 0.3) is 0 Å². The van der Waals surface area contributed by atoms with Gasteiger partial charge in [0.05, 0.1) is 0 Å². The smallest absolute Gasteiger partial charge is 0.244 e. The van der Waals surface area contributed by atoms with E-state index in [1.54, 1.807) is 22.3 Å². The van der Waals surface area contributed by atoms with E-state index in [1.165, 1.54) is 0 Å². The van der Waals surface area contributed by atoms with Crippen LogP contribution in [0.1, 0.15) is 0 Å². The molecular formula is C10H9N4O+. The minimum atomic E-state index is -0.147. The van der Waals surface area contributed by atoms with Gasteiger partial charge in [-0.15, -0.1) is 4.40 Å². The van der Waals surface area contributed by atoms with Gasteiger partial charge in [-0.25, -0.2) is 9.78 Å². The van der Waals surface area contributed by atoms with Crippen LogP contribution in [0.25, 0.3) is 16.7 Å². The Morgan fingerprint density at radius 2 is 2.20 bits per heavy atom. The van der Waals surface area contributed by atoms with Crippen molar-refractivity contribution in [3.8, 4) is 0 Å². The average Bonchev–Trinajstić information content (AvgIpc) is 2.55. The Morgan fingerprint density at radius 3 is 3.07 bits per heavy atom. The van der Waals surface area contributed by atoms with E-state index in [-0.39, 0.29) is 5.69 Å². The van der Waals surface area contributed by atoms with Gasteiger partial charge in [-0.1, -0.05) is 12.1 Å². The molecule has 3 aromatic rings. The number of rotatable bonds is 0. The third-order valence-corrected chi connectivity index (χ3v) is 2.48. The lowest BCUT2D eigenvalue weighted by atomic mass is 10.3. The van der Waals surface area contributed by atoms with Crippen LogP contribution in [0.3, 0.4) is 0 Å². The number of nitrogens with zero attached hydrogens (tertiary/aromatic N) is 3. The van der Waals surface area contributed by atoms with Gasteiger partial charge in [0.15, 0.2) is 5.52 Å². The molecule has 15 heavy (non-hydrogen) atoms. The van der Waals surface area contributed by atoms with Gasteiger partial charge in [-0.3, -0.25) is 0 Å². The molecule has 0 amide bonds. The van der Waals surface area contributed by atoms with Crippen LogP contribution in [0.5, 0.6) is 0 Å². The number of aromatic amines is 1. The molecule has 0 fully saturated rings. The molecule has 0 aliphatic rings. The third-order valence-electron chi connectivity index (χ3n) is 2.48. The number of hydrogen-bond donors (Lipinski definition) is 1. The Balaban J connectivity index is 2.71. The van der Waals surface area contributed by atoms with E-state index < -0.39 is 0 Å². The molecule has 0 bridgehead atoms. The summed E-state index contributed by atoms with van der Waals surface area (Å²) in [5.41, 5.74) is 2.23. The fourth-order valence-corrected chi connectivity index (χ4v) is 1.77. The van der Waals surface area contributed by atoms with Gasteiger partial charge in [-0.2, -0.15) is 9.78 Å². The van der Waals surface area contributed by atoms with Crippen molar-refractivity contribution >= 4 is 16.7 Å². The largest absolute Gasteiger partial charge is 0.449 e. The summed E-state index contributed by atoms with van der Waals surface area (Å²) in [6, 6.07) is 7.56. The zero-order valence-corrected chi connectivity index (χ0v) is 8.14. The van der Waals surface area contributed by atoms with E-state index in [0.717, 1.165) is 16.7 Å². The van der Waals surface area contributed by atoms with Crippen molar-refractivity contribution in [2.75, 3.05) is 0 Å². The van der Waals surface area contributed by atoms with Crippen LogP contribution in [0.2, 0.25) is 0 Å². The highest BCUT2D eigenvalue weighted by molar-refractivity contribution is 5.76. The molecule has 0 atom stereocenters. The molecule has 5 heteroatoms. The second-order valence-electron chi connectivity index (χ2n) is 3.42. The van der Waals surface area contributed by atoms with Crippen molar-refractivity contribution in [1.29, 1.82) is 0 Å². The van der Waals surface area contributed by atoms with Crippen molar-refractivity contribution in [2.24, 2.45) is 7.05 Å². The standard InChI is InChI=1S/C10H8N4O/c1-13-9-6-11-7-4-2-3-5-8(7)14(9)10(15)12-13/h2-6H,1H3/p+1. The maximum atomic E-state index is 11.7. The zero-order valence-electron chi connectivity index (χ0n) is 8.14. The molecule has 0 aliphatic heterocycles. The number of H-pyrrole nitrogens is 1. The van der Waals surface area contributed by atoms with E-state index in [9.17, 15) is 4.79 Å². The quantitative estimate of drug-likeness (QED) is 0.520. The molecule has 3 rings (SSSR count). The Morgan fingerprint density at radius 1 is 1.40 bits per heavy atom. The number of fused-ring (bicyclic) bond motifs is 3. The number of hydrogen-bond acceptors (Lipinski definition) is 2. The second-order valence-corrected chi connectivity index (χ2v) is 3.42. The van der Waals surface area contributed by atoms with E-state index in [1.807, 2.05) is 24.3 Å². The van der Waals surface area contributed by atoms with Crippen molar-refractivity contribution in [3.05, 3.63) is 40.9 Å². The van der Waals surface area contributed by atoms with E-state index in [4.69, 9.17) is 0 Å². The maximum absolute atomic E-state index is 11.7. The number of nitrogens with one attached hydrogen (secondary N) is 1. The molecule has 0 spiro atoms. The number of aromatic nitrogens is 4. The minimum absolute atomic E-state index is 0.147. The van der Waals surface area contributed by atoms with Gasteiger partial charge < -0.3 is 0 Å². The van der Waals surface area contributed by atoms with E-state index in [2.05, 4.69) is 10.1 Å². The van der Waals surface area contributed by atoms with Crippen LogP contribution in [-0.2, 0) is 7.05 Å². The molecule has 1 aromatic carbocycles. The predicted octanol–water partition coefficient (Wildman–Crippen LogP) is 0.000300. The van der Waals surface area contributed by atoms with Gasteiger partial charge in [0.1, 0.15) is 18.8 Å². The lowest BCUT2D eigenvalue weighted by molar-refractivity contribution is -0.704. The number of para-hydroxylation sites is 2. The summed E-state index contributed by atoms with van der Waals surface area (Å²) in [4.78, 5) is 16.0. The average molecular weight is 201 g/mol. The first-order valence-corrected chi connectivity index (χ1v) is 4.62. The van der Waals surface area contributed by atoms with Crippen molar-refractivity contribution in [1.82, 2.24) is 14.5 Å². The maximum Gasteiger partial charge on any atom is 0.449 e. The van der Waals surface area contributed by atoms with Crippen LogP contribution in [0.15, 0.2) is 35.3 Å². The van der Waals surface area contributed by atoms with Crippen molar-refractivity contribution in [2.45, 2.75) is 0 Å². The SMILES string of the molecule is C[n+]1[nH]c(=O)n2c3ccccc3ncc21. The van der Waals surface area contributed by atoms with Gasteiger partial charge in [0.2, 0.25) is 0 Å². The fraction of sp³-hybridized carbons (Fsp3) is 0.100. The molecule has 0 saturated carbocycles. The molecule has 1 N–H and O–H groups in total. The molecule has 0 saturated heterocycles. The lowest BCUT2D eigenvalue weighted by Gasteiger charge is -1.92. The molecule has 0 radical (unpaired) electrons.